The van der Waals surface area contributed by atoms with E-state index in [-0.39, 0.29) is 35.9 Å². The number of Topliss-reactive ketones (excluding diaryl/α,β-unsaturated/α-hetero) is 1. The fraction of sp³-hybridized carbons (Fsp3) is 0.812. The molecule has 1 fully saturated rings. The van der Waals surface area contributed by atoms with Gasteiger partial charge < -0.3 is 10.2 Å². The average Bonchev–Trinajstić information content (AvgIpc) is 2.51. The number of carboxylic acids is 2. The zero-order valence-electron chi connectivity index (χ0n) is 15.1. The van der Waals surface area contributed by atoms with Crippen molar-refractivity contribution in [2.24, 2.45) is 5.41 Å². The molecule has 1 radical (unpaired) electrons. The van der Waals surface area contributed by atoms with E-state index in [2.05, 4.69) is 0 Å². The molecular weight excluding hydrogens is 378 g/mol. The predicted molar refractivity (Wildman–Crippen MR) is 89.1 cm³/mol. The summed E-state index contributed by atoms with van der Waals surface area (Å²) in [5.74, 6) is -1.69. The molecule has 0 aromatic carbocycles. The van der Waals surface area contributed by atoms with Gasteiger partial charge in [-0.3, -0.25) is 29.1 Å². The second kappa shape index (κ2) is 10.9. The molecule has 0 bridgehead atoms. The van der Waals surface area contributed by atoms with E-state index in [0.717, 1.165) is 0 Å². The molecule has 25 heavy (non-hydrogen) atoms. The number of rotatable bonds is 6. The summed E-state index contributed by atoms with van der Waals surface area (Å²) in [6.45, 7) is 9.04. The maximum Gasteiger partial charge on any atom is 0.317 e. The van der Waals surface area contributed by atoms with Crippen molar-refractivity contribution in [3.63, 3.8) is 0 Å². The Kier molecular flexibility index (Phi) is 10.4. The summed E-state index contributed by atoms with van der Waals surface area (Å²) < 4.78 is 0. The first-order chi connectivity index (χ1) is 11.1. The molecule has 9 heteroatoms. The van der Waals surface area contributed by atoms with E-state index in [4.69, 9.17) is 10.2 Å². The standard InChI is InChI=1S/C16H29N3O5.Cu/c1-16(2,3)13(20)10-17-4-6-18(11-14(21)22)8-9-19(7-5-17)12-15(23)24;/h4-12H2,1-3H3,(H,21,22)(H,23,24);. The third-order valence-electron chi connectivity index (χ3n) is 4.12. The van der Waals surface area contributed by atoms with Crippen molar-refractivity contribution in [2.45, 2.75) is 20.8 Å². The van der Waals surface area contributed by atoms with Gasteiger partial charge in [0.2, 0.25) is 0 Å². The second-order valence-corrected chi connectivity index (χ2v) is 7.29. The number of carbonyl (C=O) groups is 3. The quantitative estimate of drug-likeness (QED) is 0.579. The first-order valence-electron chi connectivity index (χ1n) is 8.22. The van der Waals surface area contributed by atoms with Crippen LogP contribution in [0.25, 0.3) is 0 Å². The molecule has 1 rings (SSSR count). The fourth-order valence-electron chi connectivity index (χ4n) is 2.48. The van der Waals surface area contributed by atoms with E-state index >= 15 is 0 Å². The van der Waals surface area contributed by atoms with E-state index in [0.29, 0.717) is 45.8 Å². The van der Waals surface area contributed by atoms with Gasteiger partial charge in [-0.05, 0) is 0 Å². The van der Waals surface area contributed by atoms with Gasteiger partial charge in [-0.1, -0.05) is 20.8 Å². The molecule has 1 aliphatic rings. The van der Waals surface area contributed by atoms with Gasteiger partial charge in [0.15, 0.2) is 5.78 Å². The van der Waals surface area contributed by atoms with Gasteiger partial charge >= 0.3 is 11.9 Å². The number of carboxylic acid groups (broad SMARTS) is 2. The monoisotopic (exact) mass is 406 g/mol. The number of nitrogens with zero attached hydrogens (tertiary/aromatic N) is 3. The maximum atomic E-state index is 12.3. The Labute approximate surface area is 159 Å². The smallest absolute Gasteiger partial charge is 0.317 e. The van der Waals surface area contributed by atoms with E-state index < -0.39 is 17.4 Å². The van der Waals surface area contributed by atoms with Crippen LogP contribution in [-0.4, -0.2) is 102 Å². The Morgan fingerprint density at radius 3 is 1.24 bits per heavy atom. The van der Waals surface area contributed by atoms with Crippen LogP contribution in [-0.2, 0) is 31.5 Å². The summed E-state index contributed by atoms with van der Waals surface area (Å²) in [5.41, 5.74) is -0.431. The minimum atomic E-state index is -0.906. The summed E-state index contributed by atoms with van der Waals surface area (Å²) in [5, 5.41) is 18.0. The summed E-state index contributed by atoms with van der Waals surface area (Å²) in [6.07, 6.45) is 0. The summed E-state index contributed by atoms with van der Waals surface area (Å²) in [6, 6.07) is 0. The fourth-order valence-corrected chi connectivity index (χ4v) is 2.48. The zero-order valence-corrected chi connectivity index (χ0v) is 16.1. The van der Waals surface area contributed by atoms with Crippen molar-refractivity contribution in [1.82, 2.24) is 14.7 Å². The van der Waals surface area contributed by atoms with E-state index in [1.54, 1.807) is 9.80 Å². The van der Waals surface area contributed by atoms with Gasteiger partial charge in [-0.25, -0.2) is 0 Å². The topological polar surface area (TPSA) is 101 Å². The molecule has 0 spiro atoms. The van der Waals surface area contributed by atoms with Gasteiger partial charge in [0.05, 0.1) is 19.6 Å². The van der Waals surface area contributed by atoms with Crippen LogP contribution in [0, 0.1) is 5.41 Å². The summed E-state index contributed by atoms with van der Waals surface area (Å²) in [7, 11) is 0. The molecule has 149 valence electrons. The molecule has 0 aromatic rings. The first kappa shape index (κ1) is 24.0. The van der Waals surface area contributed by atoms with Crippen molar-refractivity contribution >= 4 is 17.7 Å². The van der Waals surface area contributed by atoms with Crippen molar-refractivity contribution in [1.29, 1.82) is 0 Å². The molecule has 1 heterocycles. The minimum absolute atomic E-state index is 0. The number of hydrogen-bond acceptors (Lipinski definition) is 6. The van der Waals surface area contributed by atoms with Crippen LogP contribution < -0.4 is 0 Å². The molecule has 0 amide bonds. The van der Waals surface area contributed by atoms with Gasteiger partial charge in [0.1, 0.15) is 0 Å². The molecule has 0 unspecified atom stereocenters. The van der Waals surface area contributed by atoms with Crippen molar-refractivity contribution in [3.05, 3.63) is 0 Å². The van der Waals surface area contributed by atoms with Crippen molar-refractivity contribution in [3.8, 4) is 0 Å². The summed E-state index contributed by atoms with van der Waals surface area (Å²) in [4.78, 5) is 39.8. The van der Waals surface area contributed by atoms with Crippen LogP contribution in [0.2, 0.25) is 0 Å². The molecule has 1 aliphatic heterocycles. The Morgan fingerprint density at radius 2 is 1.00 bits per heavy atom. The van der Waals surface area contributed by atoms with Gasteiger partial charge in [0.25, 0.3) is 0 Å². The van der Waals surface area contributed by atoms with Crippen LogP contribution in [0.3, 0.4) is 0 Å². The number of hydrogen-bond donors (Lipinski definition) is 2. The average molecular weight is 407 g/mol. The molecule has 8 nitrogen and oxygen atoms in total. The molecule has 0 atom stereocenters. The van der Waals surface area contributed by atoms with Gasteiger partial charge in [-0.2, -0.15) is 0 Å². The number of ketones is 1. The largest absolute Gasteiger partial charge is 0.480 e. The minimum Gasteiger partial charge on any atom is -0.480 e. The van der Waals surface area contributed by atoms with Gasteiger partial charge in [-0.15, -0.1) is 0 Å². The van der Waals surface area contributed by atoms with Crippen molar-refractivity contribution < 1.29 is 41.7 Å². The third-order valence-corrected chi connectivity index (χ3v) is 4.12. The maximum absolute atomic E-state index is 12.3. The van der Waals surface area contributed by atoms with E-state index in [1.165, 1.54) is 0 Å². The zero-order chi connectivity index (χ0) is 18.3. The van der Waals surface area contributed by atoms with Crippen LogP contribution >= 0.6 is 0 Å². The molecule has 0 aromatic heterocycles. The number of carbonyl (C=O) groups excluding carboxylic acids is 1. The van der Waals surface area contributed by atoms with E-state index in [9.17, 15) is 14.4 Å². The molecular formula is C16H29CuN3O5. The molecule has 0 aliphatic carbocycles. The Morgan fingerprint density at radius 1 is 0.720 bits per heavy atom. The second-order valence-electron chi connectivity index (χ2n) is 7.29. The van der Waals surface area contributed by atoms with E-state index in [1.807, 2.05) is 25.7 Å². The summed E-state index contributed by atoms with van der Waals surface area (Å²) >= 11 is 0. The van der Waals surface area contributed by atoms with Gasteiger partial charge in [0, 0.05) is 61.8 Å². The Balaban J connectivity index is 0.00000576. The molecule has 1 saturated heterocycles. The van der Waals surface area contributed by atoms with Crippen LogP contribution in [0.5, 0.6) is 0 Å². The van der Waals surface area contributed by atoms with Crippen molar-refractivity contribution in [2.75, 3.05) is 58.9 Å². The first-order valence-corrected chi connectivity index (χ1v) is 8.22. The van der Waals surface area contributed by atoms with Crippen LogP contribution in [0.15, 0.2) is 0 Å². The Hall–Kier alpha value is -0.991. The number of aliphatic carboxylic acids is 2. The van der Waals surface area contributed by atoms with Crippen LogP contribution in [0.4, 0.5) is 0 Å². The predicted octanol–water partition coefficient (Wildman–Crippen LogP) is -0.312. The third kappa shape index (κ3) is 9.91. The SMILES string of the molecule is CC(C)(C)C(=O)CN1CCN(CC(=O)O)CCN(CC(=O)O)CC1.[Cu]. The molecule has 0 saturated carbocycles. The molecule has 2 N–H and O–H groups in total. The Bertz CT molecular complexity index is 439. The van der Waals surface area contributed by atoms with Crippen LogP contribution in [0.1, 0.15) is 20.8 Å². The normalized spacial score (nSPS) is 18.5.